The summed E-state index contributed by atoms with van der Waals surface area (Å²) in [5.41, 5.74) is 0.0597. The second kappa shape index (κ2) is 6.30. The van der Waals surface area contributed by atoms with Gasteiger partial charge in [0.05, 0.1) is 27.5 Å². The van der Waals surface area contributed by atoms with E-state index < -0.39 is 43.7 Å². The molecule has 2 amide bonds. The Hall–Kier alpha value is -0.400. The van der Waals surface area contributed by atoms with Crippen LogP contribution in [-0.4, -0.2) is 36.9 Å². The average molecular weight is 524 g/mol. The van der Waals surface area contributed by atoms with Crippen molar-refractivity contribution in [2.24, 2.45) is 11.8 Å². The van der Waals surface area contributed by atoms with Crippen molar-refractivity contribution in [3.63, 3.8) is 0 Å². The summed E-state index contributed by atoms with van der Waals surface area (Å²) in [7, 11) is 0. The average Bonchev–Trinajstić information content (AvgIpc) is 3.01. The third kappa shape index (κ3) is 2.22. The number of carbonyl (C=O) groups excluding carboxylic acids is 3. The summed E-state index contributed by atoms with van der Waals surface area (Å²) >= 11 is 43.9. The van der Waals surface area contributed by atoms with Crippen molar-refractivity contribution < 1.29 is 19.2 Å². The molecule has 1 aromatic rings. The van der Waals surface area contributed by atoms with E-state index in [-0.39, 0.29) is 15.6 Å². The summed E-state index contributed by atoms with van der Waals surface area (Å²) in [6, 6.07) is 5.62. The number of hydrogen-bond donors (Lipinski definition) is 0. The van der Waals surface area contributed by atoms with Crippen molar-refractivity contribution >= 4 is 99.0 Å². The van der Waals surface area contributed by atoms with E-state index >= 15 is 0 Å². The van der Waals surface area contributed by atoms with E-state index in [4.69, 9.17) is 86.0 Å². The quantitative estimate of drug-likeness (QED) is 0.410. The van der Waals surface area contributed by atoms with Crippen molar-refractivity contribution in [2.45, 2.75) is 14.1 Å². The fraction of sp³-hybridized carbons (Fsp3) is 0.312. The molecule has 0 N–H and O–H groups in total. The van der Waals surface area contributed by atoms with Crippen molar-refractivity contribution in [3.05, 3.63) is 44.9 Å². The molecule has 0 unspecified atom stereocenters. The first-order chi connectivity index (χ1) is 12.9. The Labute approximate surface area is 193 Å². The summed E-state index contributed by atoms with van der Waals surface area (Å²) in [4.78, 5) is 39.2. The molecule has 1 aromatic carbocycles. The van der Waals surface area contributed by atoms with Crippen LogP contribution in [0.25, 0.3) is 0 Å². The highest BCUT2D eigenvalue weighted by molar-refractivity contribution is 6.66. The van der Waals surface area contributed by atoms with E-state index in [1.165, 1.54) is 24.3 Å². The minimum Gasteiger partial charge on any atom is -0.325 e. The second-order valence-electron chi connectivity index (χ2n) is 6.44. The lowest BCUT2D eigenvalue weighted by Crippen LogP contribution is -2.50. The number of amides is 2. The molecule has 0 aromatic heterocycles. The van der Waals surface area contributed by atoms with Gasteiger partial charge in [0.15, 0.2) is 4.33 Å². The van der Waals surface area contributed by atoms with E-state index in [1.54, 1.807) is 0 Å². The molecule has 148 valence electrons. The molecule has 0 radical (unpaired) electrons. The molecule has 1 aliphatic heterocycles. The molecule has 5 nitrogen and oxygen atoms in total. The number of fused-ring (bicyclic) bond motifs is 5. The topological polar surface area (TPSA) is 63.7 Å². The number of hydrogen-bond acceptors (Lipinski definition) is 4. The number of benzene rings is 1. The molecule has 2 fully saturated rings. The zero-order valence-corrected chi connectivity index (χ0v) is 18.5. The Balaban J connectivity index is 1.71. The number of rotatable bonds is 2. The molecule has 2 aliphatic carbocycles. The maximum atomic E-state index is 12.9. The third-order valence-electron chi connectivity index (χ3n) is 5.12. The Morgan fingerprint density at radius 1 is 0.857 bits per heavy atom. The van der Waals surface area contributed by atoms with Gasteiger partial charge in [0.2, 0.25) is 0 Å². The second-order valence-corrected chi connectivity index (χ2v) is 10.1. The molecular formula is C16H6Cl7NO4. The molecule has 1 saturated heterocycles. The zero-order valence-electron chi connectivity index (χ0n) is 13.2. The lowest BCUT2D eigenvalue weighted by molar-refractivity contribution is -0.175. The summed E-state index contributed by atoms with van der Waals surface area (Å²) in [6.07, 6.45) is 0. The van der Waals surface area contributed by atoms with E-state index in [1.807, 2.05) is 0 Å². The van der Waals surface area contributed by atoms with Crippen molar-refractivity contribution in [1.29, 1.82) is 0 Å². The maximum Gasteiger partial charge on any atom is 0.363 e. The molecule has 0 spiro atoms. The lowest BCUT2D eigenvalue weighted by Gasteiger charge is -2.34. The van der Waals surface area contributed by atoms with E-state index in [2.05, 4.69) is 0 Å². The summed E-state index contributed by atoms with van der Waals surface area (Å²) in [5, 5.41) is 0.219. The minimum absolute atomic E-state index is 0.0597. The lowest BCUT2D eigenvalue weighted by atomic mass is 9.84. The molecule has 4 rings (SSSR count). The van der Waals surface area contributed by atoms with E-state index in [9.17, 15) is 14.4 Å². The number of allylic oxidation sites excluding steroid dienone is 2. The van der Waals surface area contributed by atoms with Crippen LogP contribution in [0.1, 0.15) is 10.4 Å². The van der Waals surface area contributed by atoms with Crippen LogP contribution < -0.4 is 0 Å². The summed E-state index contributed by atoms with van der Waals surface area (Å²) in [6.45, 7) is 0. The largest absolute Gasteiger partial charge is 0.363 e. The first kappa shape index (κ1) is 20.9. The van der Waals surface area contributed by atoms with Crippen molar-refractivity contribution in [3.8, 4) is 0 Å². The Kier molecular flexibility index (Phi) is 4.69. The Bertz CT molecular complexity index is 932. The standard InChI is InChI=1S/C16H6Cl7NO4/c17-6-3-1-5(2-4-6)13(27)28-24-11(25)7-8(12(24)26)15(21)10(19)9(18)14(7,20)16(15,22)23/h1-4,7-8H/t7-,8-,14-,15-/m1/s1. The molecule has 12 heteroatoms. The summed E-state index contributed by atoms with van der Waals surface area (Å²) < 4.78 is -2.05. The van der Waals surface area contributed by atoms with E-state index in [0.29, 0.717) is 10.1 Å². The molecule has 28 heavy (non-hydrogen) atoms. The van der Waals surface area contributed by atoms with Gasteiger partial charge in [-0.25, -0.2) is 4.79 Å². The SMILES string of the molecule is O=C(ON1C(=O)[C@H]2[C@H](C1=O)[C@@]1(Cl)C(Cl)=C(Cl)[C@@]2(Cl)C1(Cl)Cl)c1ccc(Cl)cc1. The molecule has 2 bridgehead atoms. The number of halogens is 7. The predicted molar refractivity (Wildman–Crippen MR) is 106 cm³/mol. The van der Waals surface area contributed by atoms with Crippen LogP contribution in [0.15, 0.2) is 34.3 Å². The fourth-order valence-electron chi connectivity index (χ4n) is 3.78. The minimum atomic E-state index is -2.05. The zero-order chi connectivity index (χ0) is 20.8. The highest BCUT2D eigenvalue weighted by Gasteiger charge is 2.88. The van der Waals surface area contributed by atoms with Gasteiger partial charge in [-0.1, -0.05) is 58.0 Å². The van der Waals surface area contributed by atoms with Gasteiger partial charge in [0.1, 0.15) is 9.75 Å². The van der Waals surface area contributed by atoms with Crippen LogP contribution in [0, 0.1) is 11.8 Å². The monoisotopic (exact) mass is 521 g/mol. The molecule has 1 saturated carbocycles. The van der Waals surface area contributed by atoms with Gasteiger partial charge in [-0.15, -0.1) is 28.3 Å². The van der Waals surface area contributed by atoms with Gasteiger partial charge in [0, 0.05) is 5.02 Å². The van der Waals surface area contributed by atoms with Crippen LogP contribution in [0.5, 0.6) is 0 Å². The number of imide groups is 1. The third-order valence-corrected chi connectivity index (χ3v) is 9.63. The highest BCUT2D eigenvalue weighted by Crippen LogP contribution is 2.77. The van der Waals surface area contributed by atoms with Crippen LogP contribution in [0.4, 0.5) is 0 Å². The maximum absolute atomic E-state index is 12.9. The van der Waals surface area contributed by atoms with Crippen molar-refractivity contribution in [2.75, 3.05) is 0 Å². The molecular weight excluding hydrogens is 518 g/mol. The number of carbonyl (C=O) groups is 3. The van der Waals surface area contributed by atoms with Gasteiger partial charge < -0.3 is 4.84 Å². The number of nitrogens with zero attached hydrogens (tertiary/aromatic N) is 1. The van der Waals surface area contributed by atoms with Gasteiger partial charge >= 0.3 is 5.97 Å². The van der Waals surface area contributed by atoms with Crippen LogP contribution in [-0.2, 0) is 14.4 Å². The molecule has 3 aliphatic rings. The molecule has 1 heterocycles. The van der Waals surface area contributed by atoms with Crippen LogP contribution in [0.2, 0.25) is 5.02 Å². The van der Waals surface area contributed by atoms with Crippen LogP contribution >= 0.6 is 81.2 Å². The first-order valence-corrected chi connectivity index (χ1v) is 10.2. The smallest absolute Gasteiger partial charge is 0.325 e. The van der Waals surface area contributed by atoms with Crippen LogP contribution in [0.3, 0.4) is 0 Å². The Morgan fingerprint density at radius 3 is 1.71 bits per heavy atom. The van der Waals surface area contributed by atoms with E-state index in [0.717, 1.165) is 0 Å². The molecule has 4 atom stereocenters. The normalized spacial score (nSPS) is 35.6. The van der Waals surface area contributed by atoms with Gasteiger partial charge in [-0.3, -0.25) is 9.59 Å². The van der Waals surface area contributed by atoms with Gasteiger partial charge in [0.25, 0.3) is 11.8 Å². The first-order valence-electron chi connectivity index (χ1n) is 7.58. The highest BCUT2D eigenvalue weighted by atomic mass is 35.5. The Morgan fingerprint density at radius 2 is 1.29 bits per heavy atom. The van der Waals surface area contributed by atoms with Gasteiger partial charge in [-0.05, 0) is 24.3 Å². The van der Waals surface area contributed by atoms with Gasteiger partial charge in [-0.2, -0.15) is 0 Å². The number of hydroxylamine groups is 2. The predicted octanol–water partition coefficient (Wildman–Crippen LogP) is 4.86. The number of alkyl halides is 4. The fourth-order valence-corrected chi connectivity index (χ4v) is 6.84. The summed E-state index contributed by atoms with van der Waals surface area (Å²) in [5.74, 6) is -5.62. The van der Waals surface area contributed by atoms with Crippen molar-refractivity contribution in [1.82, 2.24) is 5.06 Å².